The van der Waals surface area contributed by atoms with Crippen LogP contribution in [0.1, 0.15) is 0 Å². The van der Waals surface area contributed by atoms with Gasteiger partial charge in [-0.15, -0.1) is 0 Å². The maximum Gasteiger partial charge on any atom is 0.150 e. The minimum atomic E-state index is 0.790. The summed E-state index contributed by atoms with van der Waals surface area (Å²) in [4.78, 5) is 19.9. The van der Waals surface area contributed by atoms with E-state index in [2.05, 4.69) is 106 Å². The number of rotatable bonds is 4. The van der Waals surface area contributed by atoms with Crippen molar-refractivity contribution in [2.24, 2.45) is 0 Å². The smallest absolute Gasteiger partial charge is 0.150 e. The van der Waals surface area contributed by atoms with E-state index in [4.69, 9.17) is 19.9 Å². The largest absolute Gasteiger partial charge is 0.278 e. The molecule has 0 atom stereocenters. The lowest BCUT2D eigenvalue weighted by molar-refractivity contribution is 1.04. The highest BCUT2D eigenvalue weighted by atomic mass is 15.2. The van der Waals surface area contributed by atoms with E-state index < -0.39 is 0 Å². The molecule has 6 heterocycles. The molecular weight excluding hydrogens is 540 g/mol. The van der Waals surface area contributed by atoms with Gasteiger partial charge in [-0.05, 0) is 70.8 Å². The first-order valence-electron chi connectivity index (χ1n) is 14.6. The van der Waals surface area contributed by atoms with Crippen molar-refractivity contribution in [1.29, 1.82) is 0 Å². The molecule has 9 aromatic rings. The molecule has 0 spiro atoms. The van der Waals surface area contributed by atoms with Gasteiger partial charge < -0.3 is 0 Å². The minimum Gasteiger partial charge on any atom is -0.278 e. The van der Waals surface area contributed by atoms with Crippen LogP contribution in [0, 0.1) is 0 Å². The molecule has 6 heteroatoms. The highest BCUT2D eigenvalue weighted by molar-refractivity contribution is 6.15. The summed E-state index contributed by atoms with van der Waals surface area (Å²) < 4.78 is 4.29. The maximum absolute atomic E-state index is 5.42. The third-order valence-electron chi connectivity index (χ3n) is 8.29. The molecule has 0 saturated carbocycles. The minimum absolute atomic E-state index is 0.790. The second-order valence-electron chi connectivity index (χ2n) is 10.8. The number of hydrogen-bond acceptors (Lipinski definition) is 4. The molecule has 6 nitrogen and oxygen atoms in total. The molecule has 0 aliphatic carbocycles. The topological polar surface area (TPSA) is 61.4 Å². The first kappa shape index (κ1) is 24.5. The lowest BCUT2D eigenvalue weighted by atomic mass is 10.1. The van der Waals surface area contributed by atoms with Crippen LogP contribution in [0.25, 0.3) is 77.9 Å². The van der Waals surface area contributed by atoms with Gasteiger partial charge in [-0.1, -0.05) is 78.9 Å². The number of benzene rings is 3. The zero-order valence-corrected chi connectivity index (χ0v) is 23.5. The van der Waals surface area contributed by atoms with Gasteiger partial charge >= 0.3 is 0 Å². The first-order chi connectivity index (χ1) is 21.8. The van der Waals surface area contributed by atoms with Gasteiger partial charge in [0.1, 0.15) is 17.3 Å². The average molecular weight is 565 g/mol. The Labute approximate surface area is 252 Å². The molecule has 0 radical (unpaired) electrons. The Hall–Kier alpha value is -6.14. The number of hydrogen-bond donors (Lipinski definition) is 0. The van der Waals surface area contributed by atoms with Gasteiger partial charge in [0.05, 0.1) is 16.6 Å². The summed E-state index contributed by atoms with van der Waals surface area (Å²) in [7, 11) is 0. The molecule has 206 valence electrons. The fourth-order valence-electron chi connectivity index (χ4n) is 6.28. The monoisotopic (exact) mass is 564 g/mol. The molecule has 0 bridgehead atoms. The van der Waals surface area contributed by atoms with Crippen molar-refractivity contribution in [3.8, 4) is 33.9 Å². The molecule has 0 saturated heterocycles. The van der Waals surface area contributed by atoms with Crippen LogP contribution < -0.4 is 0 Å². The van der Waals surface area contributed by atoms with Crippen LogP contribution in [0.2, 0.25) is 0 Å². The molecular formula is C38H24N6. The van der Waals surface area contributed by atoms with Crippen LogP contribution in [0.4, 0.5) is 0 Å². The normalized spacial score (nSPS) is 11.6. The maximum atomic E-state index is 5.42. The molecule has 0 aliphatic heterocycles. The number of nitrogens with zero attached hydrogens (tertiary/aromatic N) is 6. The summed E-state index contributed by atoms with van der Waals surface area (Å²) in [5.74, 6) is 1.60. The van der Waals surface area contributed by atoms with Gasteiger partial charge in [0.25, 0.3) is 0 Å². The molecule has 0 amide bonds. The van der Waals surface area contributed by atoms with Gasteiger partial charge in [-0.3, -0.25) is 14.1 Å². The van der Waals surface area contributed by atoms with Crippen molar-refractivity contribution in [2.75, 3.05) is 0 Å². The lowest BCUT2D eigenvalue weighted by Gasteiger charge is -2.10. The van der Waals surface area contributed by atoms with E-state index in [9.17, 15) is 0 Å². The number of para-hydroxylation sites is 1. The van der Waals surface area contributed by atoms with Crippen molar-refractivity contribution in [1.82, 2.24) is 29.1 Å². The summed E-state index contributed by atoms with van der Waals surface area (Å²) >= 11 is 0. The molecule has 0 fully saturated rings. The average Bonchev–Trinajstić information content (AvgIpc) is 3.60. The number of pyridine rings is 4. The van der Waals surface area contributed by atoms with Crippen molar-refractivity contribution >= 4 is 44.0 Å². The fraction of sp³-hybridized carbons (Fsp3) is 0. The van der Waals surface area contributed by atoms with E-state index in [1.807, 2.05) is 48.9 Å². The highest BCUT2D eigenvalue weighted by Gasteiger charge is 2.21. The van der Waals surface area contributed by atoms with Gasteiger partial charge in [0, 0.05) is 34.7 Å². The molecule has 6 aromatic heterocycles. The summed E-state index contributed by atoms with van der Waals surface area (Å²) in [5, 5.41) is 3.15. The first-order valence-corrected chi connectivity index (χ1v) is 14.6. The van der Waals surface area contributed by atoms with E-state index >= 15 is 0 Å². The van der Waals surface area contributed by atoms with E-state index in [1.54, 1.807) is 0 Å². The van der Waals surface area contributed by atoms with Gasteiger partial charge in [0.2, 0.25) is 0 Å². The Kier molecular flexibility index (Phi) is 5.40. The lowest BCUT2D eigenvalue weighted by Crippen LogP contribution is -2.02. The second-order valence-corrected chi connectivity index (χ2v) is 10.8. The van der Waals surface area contributed by atoms with Crippen LogP contribution >= 0.6 is 0 Å². The molecule has 9 rings (SSSR count). The van der Waals surface area contributed by atoms with E-state index in [1.165, 1.54) is 0 Å². The Morgan fingerprint density at radius 3 is 1.64 bits per heavy atom. The zero-order valence-electron chi connectivity index (χ0n) is 23.5. The fourth-order valence-corrected chi connectivity index (χ4v) is 6.28. The van der Waals surface area contributed by atoms with Gasteiger partial charge in [0.15, 0.2) is 5.65 Å². The van der Waals surface area contributed by atoms with Crippen molar-refractivity contribution in [3.63, 3.8) is 0 Å². The van der Waals surface area contributed by atoms with E-state index in [0.29, 0.717) is 0 Å². The third kappa shape index (κ3) is 3.75. The Morgan fingerprint density at radius 2 is 0.955 bits per heavy atom. The number of fused-ring (bicyclic) bond motifs is 6. The summed E-state index contributed by atoms with van der Waals surface area (Å²) in [6.45, 7) is 0. The summed E-state index contributed by atoms with van der Waals surface area (Å²) in [6.07, 6.45) is 5.57. The SMILES string of the molecule is c1ccc(-c2ccnc(-n3c4ccccc4c4cc5c6ncccc6n(-c6cc(-c7ccccc7)ccn6)c5nc43)c2)cc1. The van der Waals surface area contributed by atoms with Crippen molar-refractivity contribution in [2.45, 2.75) is 0 Å². The molecule has 0 aliphatic rings. The molecule has 44 heavy (non-hydrogen) atoms. The van der Waals surface area contributed by atoms with Crippen LogP contribution in [0.15, 0.2) is 146 Å². The third-order valence-corrected chi connectivity index (χ3v) is 8.29. The number of aromatic nitrogens is 6. The second kappa shape index (κ2) is 9.71. The standard InChI is InChI=1S/C38H24N6/c1-3-10-25(11-4-1)27-17-20-39-34(22-27)43-32-15-8-7-14-29(32)30-24-31-36-33(16-9-19-41-36)44(38(31)42-37(30)43)35-23-28(18-21-40-35)26-12-5-2-6-13-26/h1-24H. The summed E-state index contributed by atoms with van der Waals surface area (Å²) in [6, 6.07) is 43.8. The highest BCUT2D eigenvalue weighted by Crippen LogP contribution is 2.37. The molecule has 3 aromatic carbocycles. The van der Waals surface area contributed by atoms with Gasteiger partial charge in [-0.25, -0.2) is 15.0 Å². The summed E-state index contributed by atoms with van der Waals surface area (Å²) in [5.41, 5.74) is 9.00. The van der Waals surface area contributed by atoms with Crippen LogP contribution in [-0.2, 0) is 0 Å². The van der Waals surface area contributed by atoms with E-state index in [-0.39, 0.29) is 0 Å². The Bertz CT molecular complexity index is 2320. The quantitative estimate of drug-likeness (QED) is 0.214. The van der Waals surface area contributed by atoms with Crippen LogP contribution in [0.3, 0.4) is 0 Å². The van der Waals surface area contributed by atoms with Crippen LogP contribution in [-0.4, -0.2) is 29.1 Å². The van der Waals surface area contributed by atoms with E-state index in [0.717, 1.165) is 77.9 Å². The van der Waals surface area contributed by atoms with Crippen LogP contribution in [0.5, 0.6) is 0 Å². The predicted molar refractivity (Wildman–Crippen MR) is 177 cm³/mol. The Morgan fingerprint density at radius 1 is 0.386 bits per heavy atom. The predicted octanol–water partition coefficient (Wildman–Crippen LogP) is 8.79. The zero-order chi connectivity index (χ0) is 29.0. The Balaban J connectivity index is 1.35. The van der Waals surface area contributed by atoms with Crippen molar-refractivity contribution in [3.05, 3.63) is 146 Å². The molecule has 0 unspecified atom stereocenters. The van der Waals surface area contributed by atoms with Crippen molar-refractivity contribution < 1.29 is 0 Å². The molecule has 0 N–H and O–H groups in total. The van der Waals surface area contributed by atoms with Gasteiger partial charge in [-0.2, -0.15) is 0 Å².